The highest BCUT2D eigenvalue weighted by molar-refractivity contribution is 6.91. The summed E-state index contributed by atoms with van der Waals surface area (Å²) >= 11 is 0. The molecule has 12 heavy (non-hydrogen) atoms. The summed E-state index contributed by atoms with van der Waals surface area (Å²) < 4.78 is 0. The van der Waals surface area contributed by atoms with Crippen LogP contribution in [0.15, 0.2) is 18.2 Å². The summed E-state index contributed by atoms with van der Waals surface area (Å²) in [4.78, 5) is 0. The molecule has 0 fully saturated rings. The minimum Gasteiger partial charge on any atom is -0.0686 e. The fraction of sp³-hybridized carbons (Fsp3) is 0.400. The van der Waals surface area contributed by atoms with Gasteiger partial charge in [0.2, 0.25) is 0 Å². The second-order valence-corrected chi connectivity index (χ2v) is 10.5. The van der Waals surface area contributed by atoms with Gasteiger partial charge in [-0.25, -0.2) is 0 Å². The monoisotopic (exact) mass is 194 g/mol. The van der Waals surface area contributed by atoms with Gasteiger partial charge in [-0.05, 0) is 6.92 Å². The van der Waals surface area contributed by atoms with Gasteiger partial charge in [-0.1, -0.05) is 53.8 Å². The Hall–Kier alpha value is -0.346. The third kappa shape index (κ3) is 1.87. The molecule has 0 N–H and O–H groups in total. The van der Waals surface area contributed by atoms with E-state index in [2.05, 4.69) is 44.8 Å². The van der Waals surface area contributed by atoms with E-state index in [1.165, 1.54) is 15.8 Å². The average Bonchev–Trinajstić information content (AvgIpc) is 1.92. The van der Waals surface area contributed by atoms with Crippen LogP contribution in [0.3, 0.4) is 0 Å². The van der Waals surface area contributed by atoms with Crippen LogP contribution in [0, 0.1) is 6.92 Å². The Morgan fingerprint density at radius 3 is 2.17 bits per heavy atom. The first-order valence-corrected chi connectivity index (χ1v) is 8.99. The molecule has 0 aliphatic carbocycles. The lowest BCUT2D eigenvalue weighted by molar-refractivity contribution is 1.52. The highest BCUT2D eigenvalue weighted by Gasteiger charge is 2.18. The van der Waals surface area contributed by atoms with Gasteiger partial charge in [-0.2, -0.15) is 0 Å². The van der Waals surface area contributed by atoms with Crippen molar-refractivity contribution in [2.75, 3.05) is 0 Å². The molecule has 0 aliphatic rings. The van der Waals surface area contributed by atoms with Crippen LogP contribution in [0.25, 0.3) is 0 Å². The molecule has 0 atom stereocenters. The normalized spacial score (nSPS) is 12.0. The molecule has 0 unspecified atom stereocenters. The van der Waals surface area contributed by atoms with E-state index in [0.29, 0.717) is 0 Å². The zero-order chi connectivity index (χ0) is 9.35. The standard InChI is InChI=1S/C10H18Si2/c1-8-6-5-7-9(10(8)11)12(2,3)4/h5-7H,1-4,11H3. The van der Waals surface area contributed by atoms with Crippen molar-refractivity contribution in [2.45, 2.75) is 26.6 Å². The maximum absolute atomic E-state index is 2.42. The second kappa shape index (κ2) is 3.19. The first-order chi connectivity index (χ1) is 5.43. The van der Waals surface area contributed by atoms with Gasteiger partial charge in [0.25, 0.3) is 0 Å². The summed E-state index contributed by atoms with van der Waals surface area (Å²) in [6, 6.07) is 6.75. The summed E-state index contributed by atoms with van der Waals surface area (Å²) in [5.41, 5.74) is 1.49. The first-order valence-electron chi connectivity index (χ1n) is 4.49. The second-order valence-electron chi connectivity index (χ2n) is 4.50. The molecule has 0 amide bonds. The highest BCUT2D eigenvalue weighted by atomic mass is 28.3. The Labute approximate surface area is 79.4 Å². The summed E-state index contributed by atoms with van der Waals surface area (Å²) in [5.74, 6) is 0. The fourth-order valence-electron chi connectivity index (χ4n) is 1.56. The van der Waals surface area contributed by atoms with Gasteiger partial charge >= 0.3 is 0 Å². The summed E-state index contributed by atoms with van der Waals surface area (Å²) in [7, 11) is 0.119. The van der Waals surface area contributed by atoms with Crippen molar-refractivity contribution in [2.24, 2.45) is 0 Å². The zero-order valence-electron chi connectivity index (χ0n) is 8.73. The van der Waals surface area contributed by atoms with Crippen LogP contribution in [-0.2, 0) is 0 Å². The highest BCUT2D eigenvalue weighted by Crippen LogP contribution is 2.01. The third-order valence-corrected chi connectivity index (χ3v) is 6.40. The van der Waals surface area contributed by atoms with Crippen LogP contribution >= 0.6 is 0 Å². The van der Waals surface area contributed by atoms with E-state index in [1.807, 2.05) is 0 Å². The molecule has 0 aliphatic heterocycles. The predicted octanol–water partition coefficient (Wildman–Crippen LogP) is 0.531. The number of benzene rings is 1. The fourth-order valence-corrected chi connectivity index (χ4v) is 6.07. The van der Waals surface area contributed by atoms with Crippen molar-refractivity contribution >= 4 is 28.7 Å². The Morgan fingerprint density at radius 1 is 1.17 bits per heavy atom. The quantitative estimate of drug-likeness (QED) is 0.572. The van der Waals surface area contributed by atoms with Crippen LogP contribution in [0.5, 0.6) is 0 Å². The third-order valence-electron chi connectivity index (χ3n) is 2.41. The van der Waals surface area contributed by atoms with Gasteiger partial charge in [0.05, 0.1) is 8.07 Å². The molecule has 66 valence electrons. The molecule has 0 aromatic heterocycles. The molecule has 0 saturated carbocycles. The summed E-state index contributed by atoms with van der Waals surface area (Å²) in [6.45, 7) is 9.49. The molecule has 0 bridgehead atoms. The Morgan fingerprint density at radius 2 is 1.75 bits per heavy atom. The van der Waals surface area contributed by atoms with Crippen LogP contribution in [-0.4, -0.2) is 18.3 Å². The van der Waals surface area contributed by atoms with Crippen LogP contribution < -0.4 is 10.4 Å². The SMILES string of the molecule is Cc1cccc([Si](C)(C)C)c1[SiH3]. The molecule has 1 rings (SSSR count). The van der Waals surface area contributed by atoms with E-state index in [0.717, 1.165) is 0 Å². The molecule has 0 radical (unpaired) electrons. The van der Waals surface area contributed by atoms with Gasteiger partial charge in [-0.15, -0.1) is 0 Å². The Balaban J connectivity index is 3.26. The lowest BCUT2D eigenvalue weighted by atomic mass is 10.2. The maximum Gasteiger partial charge on any atom is 0.0774 e. The Kier molecular flexibility index (Phi) is 2.59. The van der Waals surface area contributed by atoms with Crippen molar-refractivity contribution in [1.82, 2.24) is 0 Å². The van der Waals surface area contributed by atoms with Gasteiger partial charge in [0.1, 0.15) is 0 Å². The molecule has 2 heteroatoms. The molecular formula is C10H18Si2. The van der Waals surface area contributed by atoms with Crippen molar-refractivity contribution in [3.05, 3.63) is 23.8 Å². The summed E-state index contributed by atoms with van der Waals surface area (Å²) in [5, 5.41) is 3.30. The lowest BCUT2D eigenvalue weighted by Crippen LogP contribution is -2.47. The molecular weight excluding hydrogens is 176 g/mol. The van der Waals surface area contributed by atoms with Crippen LogP contribution in [0.4, 0.5) is 0 Å². The molecule has 0 nitrogen and oxygen atoms in total. The van der Waals surface area contributed by atoms with Gasteiger partial charge in [-0.3, -0.25) is 0 Å². The van der Waals surface area contributed by atoms with Crippen molar-refractivity contribution < 1.29 is 0 Å². The maximum atomic E-state index is 2.42. The Bertz CT molecular complexity index is 284. The average molecular weight is 194 g/mol. The predicted molar refractivity (Wildman–Crippen MR) is 63.7 cm³/mol. The van der Waals surface area contributed by atoms with Crippen molar-refractivity contribution in [3.8, 4) is 0 Å². The number of aryl methyl sites for hydroxylation is 1. The molecule has 1 aromatic carbocycles. The summed E-state index contributed by atoms with van der Waals surface area (Å²) in [6.07, 6.45) is 0. The topological polar surface area (TPSA) is 0 Å². The lowest BCUT2D eigenvalue weighted by Gasteiger charge is -2.20. The number of hydrogen-bond acceptors (Lipinski definition) is 0. The van der Waals surface area contributed by atoms with Crippen molar-refractivity contribution in [1.29, 1.82) is 0 Å². The van der Waals surface area contributed by atoms with E-state index in [-0.39, 0.29) is 0 Å². The van der Waals surface area contributed by atoms with Crippen LogP contribution in [0.1, 0.15) is 5.56 Å². The van der Waals surface area contributed by atoms with E-state index in [1.54, 1.807) is 10.4 Å². The first kappa shape index (κ1) is 9.74. The van der Waals surface area contributed by atoms with Gasteiger partial charge in [0.15, 0.2) is 0 Å². The molecule has 0 spiro atoms. The minimum absolute atomic E-state index is 1.07. The smallest absolute Gasteiger partial charge is 0.0686 e. The van der Waals surface area contributed by atoms with E-state index in [9.17, 15) is 0 Å². The van der Waals surface area contributed by atoms with Gasteiger partial charge in [0, 0.05) is 10.2 Å². The number of hydrogen-bond donors (Lipinski definition) is 0. The molecule has 1 aromatic rings. The van der Waals surface area contributed by atoms with E-state index < -0.39 is 8.07 Å². The zero-order valence-corrected chi connectivity index (χ0v) is 11.7. The van der Waals surface area contributed by atoms with Gasteiger partial charge < -0.3 is 0 Å². The van der Waals surface area contributed by atoms with Crippen molar-refractivity contribution in [3.63, 3.8) is 0 Å². The van der Waals surface area contributed by atoms with Crippen LogP contribution in [0.2, 0.25) is 19.6 Å². The number of rotatable bonds is 1. The molecule has 0 heterocycles. The largest absolute Gasteiger partial charge is 0.0774 e. The minimum atomic E-state index is -1.07. The van der Waals surface area contributed by atoms with E-state index >= 15 is 0 Å². The molecule has 0 saturated heterocycles. The van der Waals surface area contributed by atoms with E-state index in [4.69, 9.17) is 0 Å².